The molecule has 0 fully saturated rings. The number of hydrogen-bond acceptors (Lipinski definition) is 6. The standard InChI is InChI=1S/C23H32N6O6/c1-12(2)7-15(24)21(33)28-18(9-19(25)30)23(35)29-17(22(34)27-11-20(31)32)8-13-10-26-16-6-4-3-5-14(13)16/h3-6,10,12,15,17-18,26H,7-9,11,24H2,1-2H3,(H2,25,30)(H,27,34)(H,28,33)(H,29,35)(H,31,32). The predicted octanol–water partition coefficient (Wildman–Crippen LogP) is -0.870. The summed E-state index contributed by atoms with van der Waals surface area (Å²) >= 11 is 0. The molecule has 0 aliphatic heterocycles. The third-order valence-electron chi connectivity index (χ3n) is 5.25. The summed E-state index contributed by atoms with van der Waals surface area (Å²) in [7, 11) is 0. The van der Waals surface area contributed by atoms with E-state index in [9.17, 15) is 24.0 Å². The van der Waals surface area contributed by atoms with Crippen molar-refractivity contribution in [2.75, 3.05) is 6.54 Å². The fourth-order valence-corrected chi connectivity index (χ4v) is 3.59. The van der Waals surface area contributed by atoms with Crippen molar-refractivity contribution >= 4 is 40.5 Å². The van der Waals surface area contributed by atoms with Gasteiger partial charge in [0.1, 0.15) is 18.6 Å². The number of carboxylic acids is 1. The van der Waals surface area contributed by atoms with Gasteiger partial charge in [0, 0.05) is 23.5 Å². The van der Waals surface area contributed by atoms with Crippen LogP contribution in [0.5, 0.6) is 0 Å². The molecule has 1 aromatic heterocycles. The lowest BCUT2D eigenvalue weighted by Gasteiger charge is -2.24. The normalized spacial score (nSPS) is 13.6. The molecule has 2 rings (SSSR count). The molecule has 0 saturated heterocycles. The van der Waals surface area contributed by atoms with Crippen molar-refractivity contribution in [3.05, 3.63) is 36.0 Å². The van der Waals surface area contributed by atoms with Crippen LogP contribution in [0.1, 0.15) is 32.3 Å². The first-order valence-corrected chi connectivity index (χ1v) is 11.2. The van der Waals surface area contributed by atoms with Crippen LogP contribution >= 0.6 is 0 Å². The smallest absolute Gasteiger partial charge is 0.322 e. The number of H-pyrrole nitrogens is 1. The number of carboxylic acid groups (broad SMARTS) is 1. The number of primary amides is 1. The molecule has 0 bridgehead atoms. The first-order valence-electron chi connectivity index (χ1n) is 11.2. The summed E-state index contributed by atoms with van der Waals surface area (Å²) < 4.78 is 0. The number of benzene rings is 1. The Hall–Kier alpha value is -3.93. The SMILES string of the molecule is CC(C)CC(N)C(=O)NC(CC(N)=O)C(=O)NC(Cc1c[nH]c2ccccc12)C(=O)NCC(=O)O. The monoisotopic (exact) mass is 488 g/mol. The highest BCUT2D eigenvalue weighted by Crippen LogP contribution is 2.19. The zero-order chi connectivity index (χ0) is 26.1. The maximum Gasteiger partial charge on any atom is 0.322 e. The van der Waals surface area contributed by atoms with Gasteiger partial charge in [0.05, 0.1) is 12.5 Å². The third-order valence-corrected chi connectivity index (χ3v) is 5.25. The second-order valence-corrected chi connectivity index (χ2v) is 8.70. The second-order valence-electron chi connectivity index (χ2n) is 8.70. The van der Waals surface area contributed by atoms with Gasteiger partial charge in [-0.3, -0.25) is 24.0 Å². The molecule has 2 aromatic rings. The molecule has 4 amide bonds. The molecule has 190 valence electrons. The summed E-state index contributed by atoms with van der Waals surface area (Å²) in [6.45, 7) is 3.11. The highest BCUT2D eigenvalue weighted by atomic mass is 16.4. The van der Waals surface area contributed by atoms with Crippen molar-refractivity contribution < 1.29 is 29.1 Å². The summed E-state index contributed by atoms with van der Waals surface area (Å²) in [6, 6.07) is 3.86. The maximum atomic E-state index is 13.0. The fraction of sp³-hybridized carbons (Fsp3) is 0.435. The van der Waals surface area contributed by atoms with Crippen LogP contribution in [0.2, 0.25) is 0 Å². The summed E-state index contributed by atoms with van der Waals surface area (Å²) in [6.07, 6.45) is 1.55. The van der Waals surface area contributed by atoms with E-state index in [1.807, 2.05) is 38.1 Å². The average Bonchev–Trinajstić information content (AvgIpc) is 3.18. The van der Waals surface area contributed by atoms with E-state index < -0.39 is 60.7 Å². The van der Waals surface area contributed by atoms with E-state index >= 15 is 0 Å². The van der Waals surface area contributed by atoms with Gasteiger partial charge >= 0.3 is 5.97 Å². The Labute approximate surface area is 202 Å². The van der Waals surface area contributed by atoms with E-state index in [1.165, 1.54) is 0 Å². The Morgan fingerprint density at radius 1 is 1.00 bits per heavy atom. The Morgan fingerprint density at radius 3 is 2.29 bits per heavy atom. The average molecular weight is 489 g/mol. The van der Waals surface area contributed by atoms with Crippen LogP contribution in [0.25, 0.3) is 10.9 Å². The van der Waals surface area contributed by atoms with E-state index in [0.717, 1.165) is 10.9 Å². The molecular weight excluding hydrogens is 456 g/mol. The van der Waals surface area contributed by atoms with Crippen LogP contribution in [-0.4, -0.2) is 64.4 Å². The zero-order valence-electron chi connectivity index (χ0n) is 19.7. The minimum Gasteiger partial charge on any atom is -0.480 e. The summed E-state index contributed by atoms with van der Waals surface area (Å²) in [5.41, 5.74) is 12.6. The molecule has 12 heteroatoms. The molecule has 0 aliphatic rings. The molecule has 3 atom stereocenters. The van der Waals surface area contributed by atoms with Gasteiger partial charge in [-0.25, -0.2) is 0 Å². The molecule has 0 saturated carbocycles. The van der Waals surface area contributed by atoms with Gasteiger partial charge < -0.3 is 37.5 Å². The molecule has 1 heterocycles. The lowest BCUT2D eigenvalue weighted by molar-refractivity contribution is -0.138. The fourth-order valence-electron chi connectivity index (χ4n) is 3.59. The molecule has 1 aromatic carbocycles. The molecule has 35 heavy (non-hydrogen) atoms. The van der Waals surface area contributed by atoms with Gasteiger partial charge in [0.2, 0.25) is 23.6 Å². The van der Waals surface area contributed by atoms with Crippen LogP contribution in [0, 0.1) is 5.92 Å². The largest absolute Gasteiger partial charge is 0.480 e. The summed E-state index contributed by atoms with van der Waals surface area (Å²) in [5, 5.41) is 16.9. The predicted molar refractivity (Wildman–Crippen MR) is 128 cm³/mol. The van der Waals surface area contributed by atoms with E-state index in [0.29, 0.717) is 12.0 Å². The highest BCUT2D eigenvalue weighted by Gasteiger charge is 2.30. The molecular formula is C23H32N6O6. The van der Waals surface area contributed by atoms with E-state index in [4.69, 9.17) is 16.6 Å². The third kappa shape index (κ3) is 8.41. The van der Waals surface area contributed by atoms with Crippen molar-refractivity contribution in [3.8, 4) is 0 Å². The van der Waals surface area contributed by atoms with Crippen LogP contribution in [0.3, 0.4) is 0 Å². The number of rotatable bonds is 13. The Bertz CT molecular complexity index is 1080. The number of amides is 4. The van der Waals surface area contributed by atoms with Gasteiger partial charge in [-0.05, 0) is 24.0 Å². The van der Waals surface area contributed by atoms with Gasteiger partial charge in [0.25, 0.3) is 0 Å². The van der Waals surface area contributed by atoms with Gasteiger partial charge in [-0.15, -0.1) is 0 Å². The van der Waals surface area contributed by atoms with Crippen LogP contribution < -0.4 is 27.4 Å². The van der Waals surface area contributed by atoms with E-state index in [2.05, 4.69) is 20.9 Å². The Balaban J connectivity index is 2.23. The number of nitrogens with one attached hydrogen (secondary N) is 4. The molecule has 0 spiro atoms. The van der Waals surface area contributed by atoms with Crippen LogP contribution in [0.4, 0.5) is 0 Å². The molecule has 3 unspecified atom stereocenters. The second kappa shape index (κ2) is 12.5. The van der Waals surface area contributed by atoms with Crippen molar-refractivity contribution in [3.63, 3.8) is 0 Å². The number of carbonyl (C=O) groups excluding carboxylic acids is 4. The highest BCUT2D eigenvalue weighted by molar-refractivity contribution is 5.96. The number of fused-ring (bicyclic) bond motifs is 1. The van der Waals surface area contributed by atoms with Crippen LogP contribution in [0.15, 0.2) is 30.5 Å². The van der Waals surface area contributed by atoms with Crippen molar-refractivity contribution in [2.45, 2.75) is 51.2 Å². The quantitative estimate of drug-likeness (QED) is 0.189. The molecule has 12 nitrogen and oxygen atoms in total. The Morgan fingerprint density at radius 2 is 1.66 bits per heavy atom. The lowest BCUT2D eigenvalue weighted by Crippen LogP contribution is -2.57. The molecule has 0 aliphatic carbocycles. The zero-order valence-corrected chi connectivity index (χ0v) is 19.7. The van der Waals surface area contributed by atoms with Crippen molar-refractivity contribution in [1.29, 1.82) is 0 Å². The number of aromatic amines is 1. The first-order chi connectivity index (χ1) is 16.5. The minimum atomic E-state index is -1.36. The summed E-state index contributed by atoms with van der Waals surface area (Å²) in [4.78, 5) is 63.8. The maximum absolute atomic E-state index is 13.0. The number of carbonyl (C=O) groups is 5. The van der Waals surface area contributed by atoms with Gasteiger partial charge in [-0.2, -0.15) is 0 Å². The van der Waals surface area contributed by atoms with Crippen molar-refractivity contribution in [1.82, 2.24) is 20.9 Å². The van der Waals surface area contributed by atoms with Gasteiger partial charge in [0.15, 0.2) is 0 Å². The lowest BCUT2D eigenvalue weighted by atomic mass is 10.0. The van der Waals surface area contributed by atoms with E-state index in [-0.39, 0.29) is 12.3 Å². The Kier molecular flexibility index (Phi) is 9.76. The topological polar surface area (TPSA) is 209 Å². The van der Waals surface area contributed by atoms with E-state index in [1.54, 1.807) is 6.20 Å². The first kappa shape index (κ1) is 27.3. The molecule has 0 radical (unpaired) electrons. The van der Waals surface area contributed by atoms with Crippen molar-refractivity contribution in [2.24, 2.45) is 17.4 Å². The molecule has 9 N–H and O–H groups in total. The number of hydrogen-bond donors (Lipinski definition) is 7. The number of aromatic nitrogens is 1. The number of para-hydroxylation sites is 1. The summed E-state index contributed by atoms with van der Waals surface area (Å²) in [5.74, 6) is -4.18. The van der Waals surface area contributed by atoms with Crippen LogP contribution in [-0.2, 0) is 30.4 Å². The van der Waals surface area contributed by atoms with Gasteiger partial charge in [-0.1, -0.05) is 32.0 Å². The minimum absolute atomic E-state index is 0.0192. The number of nitrogens with two attached hydrogens (primary N) is 2. The number of aliphatic carboxylic acids is 1.